The highest BCUT2D eigenvalue weighted by molar-refractivity contribution is 7.85. The summed E-state index contributed by atoms with van der Waals surface area (Å²) in [4.78, 5) is 5.08. The highest BCUT2D eigenvalue weighted by Gasteiger charge is 2.55. The Hall–Kier alpha value is -0.710. The molecule has 18 heteroatoms. The summed E-state index contributed by atoms with van der Waals surface area (Å²) in [5.41, 5.74) is 0. The van der Waals surface area contributed by atoms with E-state index in [1.54, 1.807) is 0 Å². The van der Waals surface area contributed by atoms with Crippen molar-refractivity contribution in [1.29, 1.82) is 0 Å². The average molecular weight is 496 g/mol. The third-order valence-corrected chi connectivity index (χ3v) is 7.58. The topological polar surface area (TPSA) is 40.6 Å². The first-order valence-corrected chi connectivity index (χ1v) is 11.5. The van der Waals surface area contributed by atoms with Gasteiger partial charge in [0.2, 0.25) is 0 Å². The lowest BCUT2D eigenvalue weighted by Gasteiger charge is -2.47. The summed E-state index contributed by atoms with van der Waals surface area (Å²) in [7, 11) is -15.1. The molecule has 6 heterocycles. The van der Waals surface area contributed by atoms with Crippen LogP contribution in [0.2, 0.25) is 0 Å². The fourth-order valence-electron chi connectivity index (χ4n) is 3.77. The summed E-state index contributed by atoms with van der Waals surface area (Å²) >= 11 is 0. The van der Waals surface area contributed by atoms with E-state index in [-0.39, 0.29) is 3.89 Å². The van der Waals surface area contributed by atoms with Crippen LogP contribution in [-0.2, 0) is 10.0 Å². The molecule has 0 spiro atoms. The molecule has 0 aromatic rings. The molecule has 186 valence electrons. The van der Waals surface area contributed by atoms with Gasteiger partial charge in [-0.1, -0.05) is 0 Å². The predicted octanol–water partition coefficient (Wildman–Crippen LogP) is 1.71. The summed E-state index contributed by atoms with van der Waals surface area (Å²) in [6.07, 6.45) is 1.26. The second kappa shape index (κ2) is 10.5. The SMILES string of the molecule is C1CN2CCN1CC2.CS(=O)(=O)[N+]12CC[N+](F)(CC1)CC2.F[B-](F)(F)F.F[B-](F)(F)F. The molecule has 0 aromatic heterocycles. The normalized spacial score (nSPS) is 34.4. The summed E-state index contributed by atoms with van der Waals surface area (Å²) < 4.78 is 114. The zero-order valence-electron chi connectivity index (χ0n) is 17.1. The van der Waals surface area contributed by atoms with Crippen LogP contribution in [0.4, 0.5) is 39.0 Å². The zero-order valence-corrected chi connectivity index (χ0v) is 17.9. The molecule has 6 fully saturated rings. The maximum Gasteiger partial charge on any atom is 0.673 e. The van der Waals surface area contributed by atoms with E-state index in [0.717, 1.165) is 0 Å². The van der Waals surface area contributed by atoms with Crippen LogP contribution < -0.4 is 0 Å². The molecule has 6 aliphatic rings. The molecule has 4 bridgehead atoms. The second-order valence-corrected chi connectivity index (χ2v) is 10.1. The van der Waals surface area contributed by atoms with Crippen molar-refractivity contribution in [3.63, 3.8) is 0 Å². The van der Waals surface area contributed by atoms with E-state index in [9.17, 15) is 47.4 Å². The van der Waals surface area contributed by atoms with Crippen molar-refractivity contribution in [3.8, 4) is 0 Å². The van der Waals surface area contributed by atoms with Crippen LogP contribution in [0.3, 0.4) is 0 Å². The molecule has 6 saturated heterocycles. The molecule has 31 heavy (non-hydrogen) atoms. The predicted molar refractivity (Wildman–Crippen MR) is 98.9 cm³/mol. The van der Waals surface area contributed by atoms with E-state index in [1.165, 1.54) is 45.5 Å². The summed E-state index contributed by atoms with van der Waals surface area (Å²) in [5, 5.41) is 0. The minimum absolute atomic E-state index is 0.108. The minimum Gasteiger partial charge on any atom is -0.418 e. The van der Waals surface area contributed by atoms with Crippen LogP contribution in [0.1, 0.15) is 0 Å². The first-order valence-electron chi connectivity index (χ1n) is 9.63. The molecule has 0 aromatic carbocycles. The van der Waals surface area contributed by atoms with E-state index in [1.807, 2.05) is 0 Å². The van der Waals surface area contributed by atoms with Crippen LogP contribution >= 0.6 is 0 Å². The van der Waals surface area contributed by atoms with Gasteiger partial charge in [0.25, 0.3) is 10.0 Å². The van der Waals surface area contributed by atoms with Crippen LogP contribution in [-0.4, -0.2) is 126 Å². The van der Waals surface area contributed by atoms with Crippen molar-refractivity contribution in [2.45, 2.75) is 0 Å². The Labute approximate surface area is 175 Å². The Morgan fingerprint density at radius 3 is 1.00 bits per heavy atom. The highest BCUT2D eigenvalue weighted by atomic mass is 32.2. The summed E-state index contributed by atoms with van der Waals surface area (Å²) in [6, 6.07) is 0. The van der Waals surface area contributed by atoms with Crippen molar-refractivity contribution in [2.75, 3.05) is 84.8 Å². The van der Waals surface area contributed by atoms with Crippen LogP contribution in [0.15, 0.2) is 0 Å². The van der Waals surface area contributed by atoms with Crippen molar-refractivity contribution in [2.24, 2.45) is 0 Å². The molecular formula is C13H27B2F9N4O2S. The highest BCUT2D eigenvalue weighted by Crippen LogP contribution is 2.29. The lowest BCUT2D eigenvalue weighted by molar-refractivity contribution is -1.12. The van der Waals surface area contributed by atoms with E-state index in [2.05, 4.69) is 9.80 Å². The van der Waals surface area contributed by atoms with E-state index >= 15 is 0 Å². The fraction of sp³-hybridized carbons (Fsp3) is 1.00. The molecule has 6 nitrogen and oxygen atoms in total. The molecule has 0 atom stereocenters. The summed E-state index contributed by atoms with van der Waals surface area (Å²) in [5.74, 6) is 0. The number of nitrogens with zero attached hydrogens (tertiary/aromatic N) is 4. The van der Waals surface area contributed by atoms with E-state index in [4.69, 9.17) is 0 Å². The lowest BCUT2D eigenvalue weighted by atomic mass is 10.2. The van der Waals surface area contributed by atoms with Crippen LogP contribution in [0, 0.1) is 0 Å². The number of rotatable bonds is 1. The number of hydrogen-bond donors (Lipinski definition) is 0. The van der Waals surface area contributed by atoms with Crippen molar-refractivity contribution >= 4 is 24.5 Å². The van der Waals surface area contributed by atoms with Gasteiger partial charge in [-0.05, 0) is 4.48 Å². The Kier molecular flexibility index (Phi) is 9.58. The Balaban J connectivity index is 0.000000229. The summed E-state index contributed by atoms with van der Waals surface area (Å²) in [6.45, 7) is 10.3. The van der Waals surface area contributed by atoms with Crippen LogP contribution in [0.25, 0.3) is 0 Å². The van der Waals surface area contributed by atoms with Gasteiger partial charge in [-0.3, -0.25) is 9.80 Å². The van der Waals surface area contributed by atoms with Crippen molar-refractivity contribution in [1.82, 2.24) is 9.80 Å². The molecule has 0 aliphatic carbocycles. The fourth-order valence-corrected chi connectivity index (χ4v) is 5.01. The Morgan fingerprint density at radius 2 is 0.839 bits per heavy atom. The molecule has 0 unspecified atom stereocenters. The van der Waals surface area contributed by atoms with Gasteiger partial charge >= 0.3 is 14.5 Å². The number of halogens is 9. The zero-order chi connectivity index (χ0) is 24.1. The third-order valence-electron chi connectivity index (χ3n) is 5.63. The maximum absolute atomic E-state index is 13.6. The second-order valence-electron chi connectivity index (χ2n) is 7.84. The van der Waals surface area contributed by atoms with E-state index in [0.29, 0.717) is 39.3 Å². The minimum atomic E-state index is -6.00. The maximum atomic E-state index is 13.6. The Bertz CT molecular complexity index is 601. The first-order chi connectivity index (χ1) is 13.8. The number of quaternary nitrogens is 2. The van der Waals surface area contributed by atoms with E-state index < -0.39 is 29.2 Å². The number of piperazine rings is 6. The van der Waals surface area contributed by atoms with Crippen LogP contribution in [0.5, 0.6) is 0 Å². The van der Waals surface area contributed by atoms with Gasteiger partial charge in [-0.2, -0.15) is 8.42 Å². The quantitative estimate of drug-likeness (QED) is 0.240. The molecule has 6 rings (SSSR count). The van der Waals surface area contributed by atoms with Gasteiger partial charge in [-0.15, -0.1) is 4.71 Å². The molecular weight excluding hydrogens is 469 g/mol. The largest absolute Gasteiger partial charge is 0.673 e. The molecule has 6 aliphatic heterocycles. The molecule has 0 amide bonds. The molecule has 0 radical (unpaired) electrons. The van der Waals surface area contributed by atoms with Gasteiger partial charge in [0, 0.05) is 39.3 Å². The monoisotopic (exact) mass is 496 g/mol. The van der Waals surface area contributed by atoms with Gasteiger partial charge < -0.3 is 34.5 Å². The van der Waals surface area contributed by atoms with Crippen molar-refractivity contribution in [3.05, 3.63) is 0 Å². The average Bonchev–Trinajstić information content (AvgIpc) is 2.61. The van der Waals surface area contributed by atoms with Gasteiger partial charge in [0.15, 0.2) is 19.6 Å². The molecule has 0 N–H and O–H groups in total. The Morgan fingerprint density at radius 1 is 0.613 bits per heavy atom. The lowest BCUT2D eigenvalue weighted by Crippen LogP contribution is -2.73. The van der Waals surface area contributed by atoms with Gasteiger partial charge in [0.05, 0.1) is 6.26 Å². The number of sulfonamides is 1. The smallest absolute Gasteiger partial charge is 0.418 e. The first kappa shape index (κ1) is 28.3. The number of hydrogen-bond acceptors (Lipinski definition) is 4. The molecule has 0 saturated carbocycles. The number of fused-ring (bicyclic) bond motifs is 6. The van der Waals surface area contributed by atoms with Crippen molar-refractivity contribution < 1.29 is 56.0 Å². The van der Waals surface area contributed by atoms with Gasteiger partial charge in [0.1, 0.15) is 19.6 Å². The standard InChI is InChI=1S/C7H15FN2O2S.C6H12N2.2BF4/c1-13(11,12)10-5-2-9(8,3-6-10)4-7-10;1-2-8-5-3-7(1)4-6-8;2*2-1(3,4)5/h2-7H2,1H3;1-6H2;;/q+2;;2*-1. The van der Waals surface area contributed by atoms with Gasteiger partial charge in [-0.25, -0.2) is 3.89 Å². The third kappa shape index (κ3) is 11.1.